The van der Waals surface area contributed by atoms with Gasteiger partial charge in [-0.2, -0.15) is 23.7 Å². The normalized spacial score (nSPS) is 11.7. The lowest BCUT2D eigenvalue weighted by Gasteiger charge is -2.17. The number of aromatic nitrogens is 2. The van der Waals surface area contributed by atoms with E-state index in [0.29, 0.717) is 22.4 Å². The molecule has 0 aliphatic heterocycles. The van der Waals surface area contributed by atoms with Crippen LogP contribution in [-0.2, 0) is 6.18 Å². The molecule has 7 heteroatoms. The van der Waals surface area contributed by atoms with Crippen LogP contribution >= 0.6 is 0 Å². The number of halogens is 3. The molecular formula is C51H29F3N4. The molecule has 0 aliphatic carbocycles. The van der Waals surface area contributed by atoms with Crippen LogP contribution in [0.5, 0.6) is 0 Å². The highest BCUT2D eigenvalue weighted by Gasteiger charge is 2.31. The lowest BCUT2D eigenvalue weighted by molar-refractivity contribution is -0.137. The van der Waals surface area contributed by atoms with Gasteiger partial charge in [-0.15, -0.1) is 0 Å². The van der Waals surface area contributed by atoms with Crippen molar-refractivity contribution in [2.24, 2.45) is 0 Å². The molecule has 0 amide bonds. The van der Waals surface area contributed by atoms with Crippen molar-refractivity contribution < 1.29 is 13.2 Å². The Bertz CT molecular complexity index is 3300. The summed E-state index contributed by atoms with van der Waals surface area (Å²) in [5.74, 6) is 0. The van der Waals surface area contributed by atoms with E-state index in [2.05, 4.69) is 118 Å². The Morgan fingerprint density at radius 1 is 0.397 bits per heavy atom. The van der Waals surface area contributed by atoms with Crippen LogP contribution in [0.3, 0.4) is 0 Å². The maximum atomic E-state index is 13.8. The highest BCUT2D eigenvalue weighted by molar-refractivity contribution is 6.12. The summed E-state index contributed by atoms with van der Waals surface area (Å²) >= 11 is 0. The zero-order valence-electron chi connectivity index (χ0n) is 30.7. The molecular weight excluding hydrogens is 726 g/mol. The molecule has 0 bridgehead atoms. The van der Waals surface area contributed by atoms with Crippen LogP contribution in [0, 0.1) is 22.7 Å². The lowest BCUT2D eigenvalue weighted by Crippen LogP contribution is -2.06. The molecule has 0 radical (unpaired) electrons. The molecule has 0 saturated heterocycles. The SMILES string of the molecule is N#Cc1ccc(-n2c3ccccc3c3cc(-c4cc(-c5ccccc5)ccc4-n4c5ccccc5c5ccccc54)ccc32)c(-c2ccc(C(F)(F)F)cc2C#N)c1. The van der Waals surface area contributed by atoms with E-state index >= 15 is 0 Å². The average molecular weight is 755 g/mol. The van der Waals surface area contributed by atoms with Crippen LogP contribution < -0.4 is 0 Å². The second-order valence-electron chi connectivity index (χ2n) is 14.3. The standard InChI is InChI=1S/C51H29F3N4/c52-51(53,54)37-21-22-38(36(27-37)31-56)43-26-32(30-55)18-23-49(43)58-47-17-9-6-14-41(47)44-29-35(20-25-50(44)58)42-28-34(33-10-2-1-3-11-33)19-24-48(42)57-45-15-7-4-12-39(45)40-13-5-8-16-46(40)57/h1-29H. The summed E-state index contributed by atoms with van der Waals surface area (Å²) in [7, 11) is 0. The van der Waals surface area contributed by atoms with Gasteiger partial charge in [-0.05, 0) is 89.5 Å². The highest BCUT2D eigenvalue weighted by atomic mass is 19.4. The fourth-order valence-electron chi connectivity index (χ4n) is 8.42. The van der Waals surface area contributed by atoms with Crippen LogP contribution in [0.1, 0.15) is 16.7 Å². The molecule has 8 aromatic carbocycles. The van der Waals surface area contributed by atoms with E-state index in [1.165, 1.54) is 16.8 Å². The first-order valence-electron chi connectivity index (χ1n) is 18.7. The summed E-state index contributed by atoms with van der Waals surface area (Å²) in [6.07, 6.45) is -4.62. The van der Waals surface area contributed by atoms with Gasteiger partial charge in [-0.25, -0.2) is 0 Å². The summed E-state index contributed by atoms with van der Waals surface area (Å²) < 4.78 is 45.7. The Morgan fingerprint density at radius 2 is 0.948 bits per heavy atom. The second-order valence-corrected chi connectivity index (χ2v) is 14.3. The summed E-state index contributed by atoms with van der Waals surface area (Å²) in [4.78, 5) is 0. The Kier molecular flexibility index (Phi) is 8.00. The van der Waals surface area contributed by atoms with E-state index < -0.39 is 11.7 Å². The molecule has 2 aromatic heterocycles. The van der Waals surface area contributed by atoms with Crippen molar-refractivity contribution >= 4 is 43.6 Å². The van der Waals surface area contributed by atoms with Crippen molar-refractivity contribution in [1.82, 2.24) is 9.13 Å². The smallest absolute Gasteiger partial charge is 0.309 e. The van der Waals surface area contributed by atoms with Gasteiger partial charge in [-0.1, -0.05) is 103 Å². The first-order valence-corrected chi connectivity index (χ1v) is 18.7. The minimum atomic E-state index is -4.62. The van der Waals surface area contributed by atoms with Gasteiger partial charge in [0.25, 0.3) is 0 Å². The third kappa shape index (κ3) is 5.52. The number of hydrogen-bond acceptors (Lipinski definition) is 2. The summed E-state index contributed by atoms with van der Waals surface area (Å²) in [6.45, 7) is 0. The van der Waals surface area contributed by atoms with Gasteiger partial charge in [0.05, 0.1) is 62.3 Å². The number of nitriles is 2. The molecule has 0 unspecified atom stereocenters. The molecule has 0 atom stereocenters. The third-order valence-electron chi connectivity index (χ3n) is 11.0. The lowest BCUT2D eigenvalue weighted by atomic mass is 9.95. The van der Waals surface area contributed by atoms with Gasteiger partial charge in [-0.3, -0.25) is 0 Å². The molecule has 10 aromatic rings. The van der Waals surface area contributed by atoms with Crippen molar-refractivity contribution in [1.29, 1.82) is 10.5 Å². The van der Waals surface area contributed by atoms with E-state index in [1.807, 2.05) is 42.5 Å². The van der Waals surface area contributed by atoms with E-state index in [0.717, 1.165) is 72.9 Å². The molecule has 0 N–H and O–H groups in total. The number of para-hydroxylation sites is 3. The first kappa shape index (κ1) is 34.6. The Morgan fingerprint density at radius 3 is 1.57 bits per heavy atom. The van der Waals surface area contributed by atoms with Gasteiger partial charge in [0.1, 0.15) is 0 Å². The minimum absolute atomic E-state index is 0.134. The highest BCUT2D eigenvalue weighted by Crippen LogP contribution is 2.43. The third-order valence-corrected chi connectivity index (χ3v) is 11.0. The van der Waals surface area contributed by atoms with Crippen LogP contribution in [0.15, 0.2) is 176 Å². The van der Waals surface area contributed by atoms with Crippen molar-refractivity contribution in [2.75, 3.05) is 0 Å². The molecule has 274 valence electrons. The maximum absolute atomic E-state index is 13.8. The fraction of sp³-hybridized carbons (Fsp3) is 0.0196. The Hall–Kier alpha value is -7.87. The summed E-state index contributed by atoms with van der Waals surface area (Å²) in [5.41, 5.74) is 9.86. The second kappa shape index (κ2) is 13.4. The Labute approximate surface area is 331 Å². The summed E-state index contributed by atoms with van der Waals surface area (Å²) in [6, 6.07) is 60.7. The predicted octanol–water partition coefficient (Wildman–Crippen LogP) is 13.6. The largest absolute Gasteiger partial charge is 0.416 e. The zero-order valence-corrected chi connectivity index (χ0v) is 30.7. The molecule has 58 heavy (non-hydrogen) atoms. The number of rotatable bonds is 5. The van der Waals surface area contributed by atoms with Crippen LogP contribution in [0.4, 0.5) is 13.2 Å². The monoisotopic (exact) mass is 754 g/mol. The molecule has 0 spiro atoms. The van der Waals surface area contributed by atoms with Crippen LogP contribution in [-0.4, -0.2) is 9.13 Å². The van der Waals surface area contributed by atoms with E-state index in [4.69, 9.17) is 0 Å². The van der Waals surface area contributed by atoms with E-state index in [9.17, 15) is 23.7 Å². The van der Waals surface area contributed by atoms with E-state index in [1.54, 1.807) is 18.2 Å². The van der Waals surface area contributed by atoms with Gasteiger partial charge in [0.2, 0.25) is 0 Å². The number of benzene rings is 8. The molecule has 0 aliphatic rings. The Balaban J connectivity index is 1.24. The van der Waals surface area contributed by atoms with Crippen molar-refractivity contribution in [3.63, 3.8) is 0 Å². The minimum Gasteiger partial charge on any atom is -0.309 e. The van der Waals surface area contributed by atoms with Crippen LogP contribution in [0.2, 0.25) is 0 Å². The summed E-state index contributed by atoms with van der Waals surface area (Å²) in [5, 5.41) is 24.3. The number of alkyl halides is 3. The predicted molar refractivity (Wildman–Crippen MR) is 226 cm³/mol. The van der Waals surface area contributed by atoms with Gasteiger partial charge < -0.3 is 9.13 Å². The molecule has 4 nitrogen and oxygen atoms in total. The topological polar surface area (TPSA) is 57.4 Å². The molecule has 2 heterocycles. The molecule has 0 saturated carbocycles. The quantitative estimate of drug-likeness (QED) is 0.176. The van der Waals surface area contributed by atoms with Gasteiger partial charge in [0.15, 0.2) is 0 Å². The van der Waals surface area contributed by atoms with Crippen molar-refractivity contribution in [3.8, 4) is 56.9 Å². The fourth-order valence-corrected chi connectivity index (χ4v) is 8.42. The van der Waals surface area contributed by atoms with E-state index in [-0.39, 0.29) is 5.56 Å². The molecule has 10 rings (SSSR count). The van der Waals surface area contributed by atoms with Crippen LogP contribution in [0.25, 0.3) is 88.4 Å². The van der Waals surface area contributed by atoms with Gasteiger partial charge in [0, 0.05) is 38.2 Å². The number of fused-ring (bicyclic) bond motifs is 6. The first-order chi connectivity index (χ1) is 28.3. The number of hydrogen-bond donors (Lipinski definition) is 0. The average Bonchev–Trinajstić information content (AvgIpc) is 3.78. The molecule has 0 fully saturated rings. The van der Waals surface area contributed by atoms with Crippen molar-refractivity contribution in [3.05, 3.63) is 193 Å². The number of nitrogens with zero attached hydrogens (tertiary/aromatic N) is 4. The zero-order chi connectivity index (χ0) is 39.5. The van der Waals surface area contributed by atoms with Crippen molar-refractivity contribution in [2.45, 2.75) is 6.18 Å². The maximum Gasteiger partial charge on any atom is 0.416 e. The van der Waals surface area contributed by atoms with Gasteiger partial charge >= 0.3 is 6.18 Å².